The molecule has 5 heteroatoms. The predicted molar refractivity (Wildman–Crippen MR) is 57.4 cm³/mol. The Balaban J connectivity index is 3.32. The minimum absolute atomic E-state index is 0.101. The van der Waals surface area contributed by atoms with Crippen molar-refractivity contribution in [1.82, 2.24) is 4.57 Å². The Labute approximate surface area is 92.4 Å². The molecule has 0 aromatic carbocycles. The van der Waals surface area contributed by atoms with Crippen molar-refractivity contribution in [3.8, 4) is 0 Å². The van der Waals surface area contributed by atoms with Crippen LogP contribution in [0.2, 0.25) is 5.15 Å². The zero-order valence-corrected chi connectivity index (χ0v) is 9.59. The van der Waals surface area contributed by atoms with E-state index in [4.69, 9.17) is 16.3 Å². The van der Waals surface area contributed by atoms with Gasteiger partial charge in [-0.2, -0.15) is 0 Å². The first-order valence-electron chi connectivity index (χ1n) is 4.52. The second-order valence-corrected chi connectivity index (χ2v) is 3.47. The molecule has 0 aliphatic heterocycles. The lowest BCUT2D eigenvalue weighted by atomic mass is 10.2. The van der Waals surface area contributed by atoms with Gasteiger partial charge in [-0.1, -0.05) is 11.6 Å². The Bertz CT molecular complexity index is 451. The molecule has 0 radical (unpaired) electrons. The number of hydrogen-bond donors (Lipinski definition) is 0. The molecule has 1 aromatic heterocycles. The number of hydrogen-bond acceptors (Lipinski definition) is 3. The van der Waals surface area contributed by atoms with Gasteiger partial charge in [0.25, 0.3) is 5.56 Å². The number of aryl methyl sites for hydroxylation is 1. The lowest BCUT2D eigenvalue weighted by Crippen LogP contribution is -2.22. The third kappa shape index (κ3) is 2.21. The van der Waals surface area contributed by atoms with Gasteiger partial charge < -0.3 is 9.30 Å². The highest BCUT2D eigenvalue weighted by atomic mass is 35.5. The SMILES string of the molecule is CCOC(=O)c1cc(C)c(=O)n(C)c1Cl. The van der Waals surface area contributed by atoms with Crippen LogP contribution in [-0.4, -0.2) is 17.1 Å². The van der Waals surface area contributed by atoms with Crippen LogP contribution >= 0.6 is 11.6 Å². The summed E-state index contributed by atoms with van der Waals surface area (Å²) in [7, 11) is 1.51. The third-order valence-electron chi connectivity index (χ3n) is 2.01. The van der Waals surface area contributed by atoms with Gasteiger partial charge in [0.15, 0.2) is 0 Å². The van der Waals surface area contributed by atoms with E-state index in [0.717, 1.165) is 0 Å². The summed E-state index contributed by atoms with van der Waals surface area (Å²) in [5, 5.41) is 0.101. The molecule has 0 spiro atoms. The van der Waals surface area contributed by atoms with E-state index >= 15 is 0 Å². The fourth-order valence-electron chi connectivity index (χ4n) is 1.22. The monoisotopic (exact) mass is 229 g/mol. The number of carbonyl (C=O) groups is 1. The number of carbonyl (C=O) groups excluding carboxylic acids is 1. The van der Waals surface area contributed by atoms with Gasteiger partial charge in [0.1, 0.15) is 5.15 Å². The van der Waals surface area contributed by atoms with E-state index < -0.39 is 5.97 Å². The molecule has 0 N–H and O–H groups in total. The molecule has 82 valence electrons. The molecular weight excluding hydrogens is 218 g/mol. The molecule has 0 saturated carbocycles. The Morgan fingerprint density at radius 1 is 1.60 bits per heavy atom. The number of aromatic nitrogens is 1. The van der Waals surface area contributed by atoms with E-state index in [9.17, 15) is 9.59 Å². The maximum absolute atomic E-state index is 11.5. The van der Waals surface area contributed by atoms with Crippen LogP contribution < -0.4 is 5.56 Å². The highest BCUT2D eigenvalue weighted by Gasteiger charge is 2.15. The lowest BCUT2D eigenvalue weighted by molar-refractivity contribution is 0.0525. The quantitative estimate of drug-likeness (QED) is 0.571. The first-order chi connectivity index (χ1) is 6.99. The molecule has 0 saturated heterocycles. The first-order valence-corrected chi connectivity index (χ1v) is 4.90. The van der Waals surface area contributed by atoms with Crippen molar-refractivity contribution in [2.75, 3.05) is 6.61 Å². The minimum Gasteiger partial charge on any atom is -0.462 e. The molecule has 4 nitrogen and oxygen atoms in total. The summed E-state index contributed by atoms with van der Waals surface area (Å²) < 4.78 is 6.05. The molecule has 15 heavy (non-hydrogen) atoms. The van der Waals surface area contributed by atoms with E-state index in [2.05, 4.69) is 0 Å². The van der Waals surface area contributed by atoms with Crippen LogP contribution in [0.15, 0.2) is 10.9 Å². The topological polar surface area (TPSA) is 48.3 Å². The van der Waals surface area contributed by atoms with Gasteiger partial charge in [-0.05, 0) is 19.9 Å². The Morgan fingerprint density at radius 2 is 2.20 bits per heavy atom. The molecule has 0 amide bonds. The largest absolute Gasteiger partial charge is 0.462 e. The van der Waals surface area contributed by atoms with Crippen molar-refractivity contribution in [3.63, 3.8) is 0 Å². The van der Waals surface area contributed by atoms with E-state index in [1.54, 1.807) is 13.8 Å². The van der Waals surface area contributed by atoms with Crippen LogP contribution in [0.4, 0.5) is 0 Å². The van der Waals surface area contributed by atoms with Crippen LogP contribution in [0.1, 0.15) is 22.8 Å². The summed E-state index contributed by atoms with van der Waals surface area (Å²) >= 11 is 5.86. The maximum atomic E-state index is 11.5. The van der Waals surface area contributed by atoms with Crippen LogP contribution in [-0.2, 0) is 11.8 Å². The number of pyridine rings is 1. The zero-order chi connectivity index (χ0) is 11.6. The number of esters is 1. The lowest BCUT2D eigenvalue weighted by Gasteiger charge is -2.08. The van der Waals surface area contributed by atoms with Gasteiger partial charge in [-0.25, -0.2) is 4.79 Å². The number of halogens is 1. The van der Waals surface area contributed by atoms with E-state index in [1.165, 1.54) is 17.7 Å². The van der Waals surface area contributed by atoms with Gasteiger partial charge in [0, 0.05) is 12.6 Å². The molecule has 0 bridgehead atoms. The molecule has 0 aliphatic carbocycles. The normalized spacial score (nSPS) is 10.1. The number of ether oxygens (including phenoxy) is 1. The predicted octanol–water partition coefficient (Wildman–Crippen LogP) is 1.52. The Kier molecular flexibility index (Phi) is 3.52. The van der Waals surface area contributed by atoms with Gasteiger partial charge in [-0.3, -0.25) is 4.79 Å². The summed E-state index contributed by atoms with van der Waals surface area (Å²) in [6, 6.07) is 1.45. The molecule has 1 aromatic rings. The van der Waals surface area contributed by atoms with Gasteiger partial charge in [0.2, 0.25) is 0 Å². The molecule has 0 atom stereocenters. The molecular formula is C10H12ClNO3. The molecule has 1 heterocycles. The van der Waals surface area contributed by atoms with Crippen molar-refractivity contribution in [3.05, 3.63) is 32.7 Å². The van der Waals surface area contributed by atoms with Crippen LogP contribution in [0.25, 0.3) is 0 Å². The molecule has 0 aliphatic rings. The average Bonchev–Trinajstić information content (AvgIpc) is 2.20. The highest BCUT2D eigenvalue weighted by molar-refractivity contribution is 6.32. The van der Waals surface area contributed by atoms with Crippen molar-refractivity contribution >= 4 is 17.6 Å². The van der Waals surface area contributed by atoms with Crippen molar-refractivity contribution in [1.29, 1.82) is 0 Å². The van der Waals surface area contributed by atoms with Gasteiger partial charge in [-0.15, -0.1) is 0 Å². The number of nitrogens with zero attached hydrogens (tertiary/aromatic N) is 1. The van der Waals surface area contributed by atoms with E-state index in [1.807, 2.05) is 0 Å². The standard InChI is InChI=1S/C10H12ClNO3/c1-4-15-10(14)7-5-6(2)9(13)12(3)8(7)11/h5H,4H2,1-3H3. The summed E-state index contributed by atoms with van der Waals surface area (Å²) in [5.41, 5.74) is 0.469. The first kappa shape index (κ1) is 11.8. The summed E-state index contributed by atoms with van der Waals surface area (Å²) in [6.45, 7) is 3.61. The van der Waals surface area contributed by atoms with Crippen molar-refractivity contribution in [2.24, 2.45) is 7.05 Å². The minimum atomic E-state index is -0.513. The second kappa shape index (κ2) is 4.49. The van der Waals surface area contributed by atoms with Gasteiger partial charge in [0.05, 0.1) is 12.2 Å². The van der Waals surface area contributed by atoms with Gasteiger partial charge >= 0.3 is 5.97 Å². The van der Waals surface area contributed by atoms with Crippen LogP contribution in [0.5, 0.6) is 0 Å². The second-order valence-electron chi connectivity index (χ2n) is 3.12. The maximum Gasteiger partial charge on any atom is 0.341 e. The average molecular weight is 230 g/mol. The summed E-state index contributed by atoms with van der Waals surface area (Å²) in [4.78, 5) is 22.9. The molecule has 1 rings (SSSR count). The van der Waals surface area contributed by atoms with Crippen molar-refractivity contribution in [2.45, 2.75) is 13.8 Å². The molecule has 0 fully saturated rings. The van der Waals surface area contributed by atoms with Crippen LogP contribution in [0, 0.1) is 6.92 Å². The summed E-state index contributed by atoms with van der Waals surface area (Å²) in [5.74, 6) is -0.513. The van der Waals surface area contributed by atoms with E-state index in [-0.39, 0.29) is 22.9 Å². The van der Waals surface area contributed by atoms with Crippen LogP contribution in [0.3, 0.4) is 0 Å². The van der Waals surface area contributed by atoms with E-state index in [0.29, 0.717) is 5.56 Å². The zero-order valence-electron chi connectivity index (χ0n) is 8.83. The fourth-order valence-corrected chi connectivity index (χ4v) is 1.43. The Hall–Kier alpha value is -1.29. The Morgan fingerprint density at radius 3 is 2.73 bits per heavy atom. The summed E-state index contributed by atoms with van der Waals surface area (Å²) in [6.07, 6.45) is 0. The smallest absolute Gasteiger partial charge is 0.341 e. The highest BCUT2D eigenvalue weighted by Crippen LogP contribution is 2.15. The molecule has 0 unspecified atom stereocenters. The van der Waals surface area contributed by atoms with Crippen molar-refractivity contribution < 1.29 is 9.53 Å². The third-order valence-corrected chi connectivity index (χ3v) is 2.47. The number of rotatable bonds is 2. The fraction of sp³-hybridized carbons (Fsp3) is 0.400.